The second-order valence-corrected chi connectivity index (χ2v) is 5.96. The molecule has 0 N–H and O–H groups in total. The highest BCUT2D eigenvalue weighted by Crippen LogP contribution is 2.34. The molecule has 0 aliphatic carbocycles. The Labute approximate surface area is 120 Å². The Morgan fingerprint density at radius 3 is 2.58 bits per heavy atom. The van der Waals surface area contributed by atoms with Crippen molar-refractivity contribution >= 4 is 33.3 Å². The number of Topliss-reactive ketones (excluding diaryl/α,β-unsaturated/α-hetero) is 1. The van der Waals surface area contributed by atoms with Gasteiger partial charge < -0.3 is 9.64 Å². The minimum absolute atomic E-state index is 0.0997. The molecular formula is C14H16BrNO3. The molecule has 0 bridgehead atoms. The second kappa shape index (κ2) is 4.96. The van der Waals surface area contributed by atoms with Crippen molar-refractivity contribution in [2.75, 3.05) is 23.9 Å². The van der Waals surface area contributed by atoms with Gasteiger partial charge >= 0.3 is 0 Å². The lowest BCUT2D eigenvalue weighted by atomic mass is 9.96. The average Bonchev–Trinajstić information content (AvgIpc) is 2.63. The van der Waals surface area contributed by atoms with Crippen LogP contribution in [-0.2, 0) is 4.79 Å². The lowest BCUT2D eigenvalue weighted by Crippen LogP contribution is -2.38. The van der Waals surface area contributed by atoms with Gasteiger partial charge in [0.2, 0.25) is 0 Å². The third-order valence-corrected chi connectivity index (χ3v) is 4.64. The first-order valence-electron chi connectivity index (χ1n) is 6.00. The van der Waals surface area contributed by atoms with Crippen LogP contribution in [0.2, 0.25) is 0 Å². The van der Waals surface area contributed by atoms with E-state index >= 15 is 0 Å². The molecule has 0 radical (unpaired) electrons. The molecule has 0 saturated heterocycles. The van der Waals surface area contributed by atoms with E-state index in [9.17, 15) is 9.59 Å². The van der Waals surface area contributed by atoms with Gasteiger partial charge in [0.25, 0.3) is 11.7 Å². The summed E-state index contributed by atoms with van der Waals surface area (Å²) in [6, 6.07) is 5.15. The summed E-state index contributed by atoms with van der Waals surface area (Å²) in [4.78, 5) is 25.6. The van der Waals surface area contributed by atoms with Gasteiger partial charge in [-0.15, -0.1) is 0 Å². The van der Waals surface area contributed by atoms with Crippen LogP contribution in [0.4, 0.5) is 5.69 Å². The van der Waals surface area contributed by atoms with Gasteiger partial charge in [0.05, 0.1) is 18.4 Å². The highest BCUT2D eigenvalue weighted by atomic mass is 79.9. The van der Waals surface area contributed by atoms with E-state index in [2.05, 4.69) is 15.9 Å². The molecule has 1 aliphatic heterocycles. The van der Waals surface area contributed by atoms with Crippen LogP contribution in [0.25, 0.3) is 0 Å². The Bertz CT molecular complexity index is 539. The van der Waals surface area contributed by atoms with E-state index in [1.165, 1.54) is 7.11 Å². The molecule has 1 aromatic rings. The van der Waals surface area contributed by atoms with Gasteiger partial charge in [0.1, 0.15) is 5.75 Å². The number of alkyl halides is 1. The van der Waals surface area contributed by atoms with Crippen molar-refractivity contribution in [3.05, 3.63) is 23.8 Å². The number of ether oxygens (including phenoxy) is 1. The number of anilines is 1. The number of fused-ring (bicyclic) bond motifs is 1. The number of halogens is 1. The molecule has 0 unspecified atom stereocenters. The number of nitrogens with zero attached hydrogens (tertiary/aromatic N) is 1. The molecular weight excluding hydrogens is 310 g/mol. The Morgan fingerprint density at radius 1 is 1.32 bits per heavy atom. The Morgan fingerprint density at radius 2 is 2.00 bits per heavy atom. The van der Waals surface area contributed by atoms with Crippen LogP contribution in [0.5, 0.6) is 5.75 Å². The van der Waals surface area contributed by atoms with Gasteiger partial charge in [-0.05, 0) is 23.6 Å². The van der Waals surface area contributed by atoms with E-state index in [1.807, 2.05) is 13.8 Å². The van der Waals surface area contributed by atoms with E-state index in [1.54, 1.807) is 23.1 Å². The average molecular weight is 326 g/mol. The molecule has 1 amide bonds. The van der Waals surface area contributed by atoms with Crippen LogP contribution in [0.15, 0.2) is 18.2 Å². The Balaban J connectivity index is 2.40. The molecule has 1 aromatic carbocycles. The predicted molar refractivity (Wildman–Crippen MR) is 77.3 cm³/mol. The summed E-state index contributed by atoms with van der Waals surface area (Å²) in [5, 5.41) is 0.753. The second-order valence-electron chi connectivity index (χ2n) is 5.40. The van der Waals surface area contributed by atoms with Crippen molar-refractivity contribution in [1.29, 1.82) is 0 Å². The van der Waals surface area contributed by atoms with Gasteiger partial charge in [0, 0.05) is 11.9 Å². The zero-order valence-corrected chi connectivity index (χ0v) is 12.8. The first kappa shape index (κ1) is 14.1. The van der Waals surface area contributed by atoms with E-state index in [0.717, 1.165) is 5.33 Å². The van der Waals surface area contributed by atoms with Crippen molar-refractivity contribution < 1.29 is 14.3 Å². The zero-order valence-electron chi connectivity index (χ0n) is 11.2. The molecule has 0 spiro atoms. The quantitative estimate of drug-likeness (QED) is 0.631. The fourth-order valence-electron chi connectivity index (χ4n) is 2.03. The lowest BCUT2D eigenvalue weighted by Gasteiger charge is -2.28. The highest BCUT2D eigenvalue weighted by molar-refractivity contribution is 9.09. The van der Waals surface area contributed by atoms with E-state index in [-0.39, 0.29) is 5.41 Å². The van der Waals surface area contributed by atoms with Crippen molar-refractivity contribution in [2.45, 2.75) is 13.8 Å². The minimum atomic E-state index is -0.461. The van der Waals surface area contributed by atoms with Gasteiger partial charge in [-0.25, -0.2) is 0 Å². The Kier molecular flexibility index (Phi) is 3.67. The highest BCUT2D eigenvalue weighted by Gasteiger charge is 2.38. The molecule has 1 heterocycles. The van der Waals surface area contributed by atoms with E-state index < -0.39 is 11.7 Å². The summed E-state index contributed by atoms with van der Waals surface area (Å²) in [5.74, 6) is -0.335. The smallest absolute Gasteiger partial charge is 0.299 e. The number of carbonyl (C=O) groups excluding carboxylic acids is 2. The first-order valence-corrected chi connectivity index (χ1v) is 7.12. The monoisotopic (exact) mass is 325 g/mol. The van der Waals surface area contributed by atoms with Crippen molar-refractivity contribution in [2.24, 2.45) is 5.41 Å². The first-order chi connectivity index (χ1) is 8.89. The number of ketones is 1. The number of methoxy groups -OCH3 is 1. The minimum Gasteiger partial charge on any atom is -0.497 e. The summed E-state index contributed by atoms with van der Waals surface area (Å²) in [5.41, 5.74) is 0.997. The number of rotatable bonds is 4. The van der Waals surface area contributed by atoms with Crippen LogP contribution in [0.1, 0.15) is 24.2 Å². The van der Waals surface area contributed by atoms with Crippen molar-refractivity contribution in [1.82, 2.24) is 0 Å². The van der Waals surface area contributed by atoms with Crippen LogP contribution < -0.4 is 9.64 Å². The molecule has 0 atom stereocenters. The maximum atomic E-state index is 12.1. The molecule has 1 aliphatic rings. The molecule has 102 valence electrons. The van der Waals surface area contributed by atoms with Crippen LogP contribution >= 0.6 is 15.9 Å². The molecule has 5 heteroatoms. The molecule has 19 heavy (non-hydrogen) atoms. The third-order valence-electron chi connectivity index (χ3n) is 3.13. The lowest BCUT2D eigenvalue weighted by molar-refractivity contribution is -0.114. The van der Waals surface area contributed by atoms with E-state index in [0.29, 0.717) is 23.5 Å². The summed E-state index contributed by atoms with van der Waals surface area (Å²) in [6.45, 7) is 4.59. The molecule has 2 rings (SSSR count). The van der Waals surface area contributed by atoms with Crippen molar-refractivity contribution in [3.8, 4) is 5.75 Å². The predicted octanol–water partition coefficient (Wildman–Crippen LogP) is 2.65. The number of hydrogen-bond donors (Lipinski definition) is 0. The van der Waals surface area contributed by atoms with Crippen LogP contribution in [-0.4, -0.2) is 30.7 Å². The SMILES string of the molecule is COc1ccc2c(c1)C(=O)C(=O)N2CC(C)(C)CBr. The fourth-order valence-corrected chi connectivity index (χ4v) is 2.21. The molecule has 0 aromatic heterocycles. The number of hydrogen-bond acceptors (Lipinski definition) is 3. The van der Waals surface area contributed by atoms with Gasteiger partial charge in [0.15, 0.2) is 0 Å². The standard InChI is InChI=1S/C14H16BrNO3/c1-14(2,7-15)8-16-11-5-4-9(19-3)6-10(11)12(17)13(16)18/h4-6H,7-8H2,1-3H3. The summed E-state index contributed by atoms with van der Waals surface area (Å²) < 4.78 is 5.09. The fraction of sp³-hybridized carbons (Fsp3) is 0.429. The maximum absolute atomic E-state index is 12.1. The Hall–Kier alpha value is -1.36. The molecule has 0 fully saturated rings. The number of carbonyl (C=O) groups is 2. The molecule has 4 nitrogen and oxygen atoms in total. The zero-order chi connectivity index (χ0) is 14.2. The van der Waals surface area contributed by atoms with E-state index in [4.69, 9.17) is 4.74 Å². The number of amides is 1. The van der Waals surface area contributed by atoms with Gasteiger partial charge in [-0.1, -0.05) is 29.8 Å². The third kappa shape index (κ3) is 2.52. The summed E-state index contributed by atoms with van der Waals surface area (Å²) >= 11 is 3.43. The summed E-state index contributed by atoms with van der Waals surface area (Å²) in [6.07, 6.45) is 0. The topological polar surface area (TPSA) is 46.6 Å². The normalized spacial score (nSPS) is 14.8. The number of benzene rings is 1. The van der Waals surface area contributed by atoms with Crippen LogP contribution in [0.3, 0.4) is 0 Å². The van der Waals surface area contributed by atoms with Gasteiger partial charge in [-0.3, -0.25) is 9.59 Å². The van der Waals surface area contributed by atoms with Crippen molar-refractivity contribution in [3.63, 3.8) is 0 Å². The largest absolute Gasteiger partial charge is 0.497 e. The molecule has 0 saturated carbocycles. The summed E-state index contributed by atoms with van der Waals surface area (Å²) in [7, 11) is 1.54. The van der Waals surface area contributed by atoms with Gasteiger partial charge in [-0.2, -0.15) is 0 Å². The maximum Gasteiger partial charge on any atom is 0.299 e. The van der Waals surface area contributed by atoms with Crippen LogP contribution in [0, 0.1) is 5.41 Å².